The van der Waals surface area contributed by atoms with E-state index in [-0.39, 0.29) is 11.9 Å². The van der Waals surface area contributed by atoms with Gasteiger partial charge in [0.05, 0.1) is 19.3 Å². The van der Waals surface area contributed by atoms with E-state index < -0.39 is 6.10 Å². The molecule has 1 aliphatic rings. The van der Waals surface area contributed by atoms with Gasteiger partial charge < -0.3 is 14.4 Å². The van der Waals surface area contributed by atoms with Crippen LogP contribution in [0, 0.1) is 0 Å². The molecule has 1 aromatic rings. The summed E-state index contributed by atoms with van der Waals surface area (Å²) < 4.78 is 10.7. The third kappa shape index (κ3) is 3.58. The van der Waals surface area contributed by atoms with Gasteiger partial charge in [-0.3, -0.25) is 4.79 Å². The summed E-state index contributed by atoms with van der Waals surface area (Å²) in [6.07, 6.45) is 0.628. The smallest absolute Gasteiger partial charge is 0.251 e. The molecule has 0 saturated carbocycles. The summed E-state index contributed by atoms with van der Waals surface area (Å²) in [6, 6.07) is 10.4. The van der Waals surface area contributed by atoms with Crippen molar-refractivity contribution >= 4 is 5.91 Å². The zero-order valence-corrected chi connectivity index (χ0v) is 12.2. The van der Waals surface area contributed by atoms with Gasteiger partial charge in [0.2, 0.25) is 0 Å². The van der Waals surface area contributed by atoms with Crippen molar-refractivity contribution in [3.05, 3.63) is 35.9 Å². The van der Waals surface area contributed by atoms with Crippen LogP contribution in [0.4, 0.5) is 0 Å². The molecule has 110 valence electrons. The van der Waals surface area contributed by atoms with Crippen LogP contribution in [-0.4, -0.2) is 43.3 Å². The zero-order valence-electron chi connectivity index (χ0n) is 12.2. The van der Waals surface area contributed by atoms with E-state index in [0.29, 0.717) is 19.8 Å². The molecule has 1 heterocycles. The van der Waals surface area contributed by atoms with Crippen LogP contribution in [0.3, 0.4) is 0 Å². The van der Waals surface area contributed by atoms with Gasteiger partial charge in [0.15, 0.2) is 0 Å². The van der Waals surface area contributed by atoms with Crippen LogP contribution < -0.4 is 0 Å². The maximum Gasteiger partial charge on any atom is 0.251 e. The SMILES string of the molecule is CCOCCO[C@@H](C)C(=O)N1CC[C@H]1c1ccccc1. The summed E-state index contributed by atoms with van der Waals surface area (Å²) >= 11 is 0. The molecule has 0 bridgehead atoms. The maximum absolute atomic E-state index is 12.3. The maximum atomic E-state index is 12.3. The highest BCUT2D eigenvalue weighted by molar-refractivity contribution is 5.81. The van der Waals surface area contributed by atoms with E-state index in [4.69, 9.17) is 9.47 Å². The number of rotatable bonds is 7. The number of hydrogen-bond acceptors (Lipinski definition) is 3. The lowest BCUT2D eigenvalue weighted by atomic mass is 9.94. The van der Waals surface area contributed by atoms with Gasteiger partial charge in [-0.2, -0.15) is 0 Å². The number of amides is 1. The minimum absolute atomic E-state index is 0.0709. The number of carbonyl (C=O) groups excluding carboxylic acids is 1. The second-order valence-corrected chi connectivity index (χ2v) is 4.96. The molecular formula is C16H23NO3. The van der Waals surface area contributed by atoms with E-state index in [9.17, 15) is 4.79 Å². The highest BCUT2D eigenvalue weighted by Gasteiger charge is 2.35. The second kappa shape index (κ2) is 7.41. The van der Waals surface area contributed by atoms with E-state index in [0.717, 1.165) is 13.0 Å². The molecule has 1 amide bonds. The molecule has 0 unspecified atom stereocenters. The Morgan fingerprint density at radius 3 is 2.70 bits per heavy atom. The second-order valence-electron chi connectivity index (χ2n) is 4.96. The zero-order chi connectivity index (χ0) is 14.4. The van der Waals surface area contributed by atoms with Crippen LogP contribution in [-0.2, 0) is 14.3 Å². The highest BCUT2D eigenvalue weighted by Crippen LogP contribution is 2.33. The first-order valence-corrected chi connectivity index (χ1v) is 7.28. The monoisotopic (exact) mass is 277 g/mol. The third-order valence-corrected chi connectivity index (χ3v) is 3.63. The molecule has 1 fully saturated rings. The van der Waals surface area contributed by atoms with Crippen molar-refractivity contribution in [2.75, 3.05) is 26.4 Å². The molecule has 0 N–H and O–H groups in total. The largest absolute Gasteiger partial charge is 0.379 e. The van der Waals surface area contributed by atoms with Crippen LogP contribution in [0.1, 0.15) is 31.9 Å². The molecule has 1 saturated heterocycles. The summed E-state index contributed by atoms with van der Waals surface area (Å²) in [6.45, 7) is 6.25. The lowest BCUT2D eigenvalue weighted by Gasteiger charge is -2.42. The Kier molecular flexibility index (Phi) is 5.56. The fourth-order valence-electron chi connectivity index (χ4n) is 2.41. The van der Waals surface area contributed by atoms with E-state index >= 15 is 0 Å². The molecule has 20 heavy (non-hydrogen) atoms. The van der Waals surface area contributed by atoms with Crippen molar-refractivity contribution in [3.63, 3.8) is 0 Å². The first-order valence-electron chi connectivity index (χ1n) is 7.28. The average molecular weight is 277 g/mol. The Morgan fingerprint density at radius 1 is 1.35 bits per heavy atom. The first kappa shape index (κ1) is 15.0. The Bertz CT molecular complexity index is 421. The standard InChI is InChI=1S/C16H23NO3/c1-3-19-11-12-20-13(2)16(18)17-10-9-15(17)14-7-5-4-6-8-14/h4-8,13,15H,3,9-12H2,1-2H3/t13-,15-/m0/s1. The van der Waals surface area contributed by atoms with Crippen LogP contribution in [0.5, 0.6) is 0 Å². The first-order chi connectivity index (χ1) is 9.74. The number of benzene rings is 1. The Balaban J connectivity index is 1.83. The summed E-state index contributed by atoms with van der Waals surface area (Å²) in [4.78, 5) is 14.2. The van der Waals surface area contributed by atoms with Crippen molar-refractivity contribution in [1.29, 1.82) is 0 Å². The predicted molar refractivity (Wildman–Crippen MR) is 77.4 cm³/mol. The molecular weight excluding hydrogens is 254 g/mol. The number of nitrogens with zero attached hydrogens (tertiary/aromatic N) is 1. The molecule has 4 heteroatoms. The highest BCUT2D eigenvalue weighted by atomic mass is 16.5. The predicted octanol–water partition coefficient (Wildman–Crippen LogP) is 2.40. The lowest BCUT2D eigenvalue weighted by molar-refractivity contribution is -0.151. The summed E-state index contributed by atoms with van der Waals surface area (Å²) in [7, 11) is 0. The molecule has 4 nitrogen and oxygen atoms in total. The molecule has 1 aliphatic heterocycles. The molecule has 2 rings (SSSR count). The van der Waals surface area contributed by atoms with E-state index in [1.807, 2.05) is 36.9 Å². The lowest BCUT2D eigenvalue weighted by Crippen LogP contribution is -2.49. The van der Waals surface area contributed by atoms with Crippen LogP contribution >= 0.6 is 0 Å². The van der Waals surface area contributed by atoms with Gasteiger partial charge >= 0.3 is 0 Å². The van der Waals surface area contributed by atoms with Crippen molar-refractivity contribution in [2.45, 2.75) is 32.4 Å². The van der Waals surface area contributed by atoms with Crippen molar-refractivity contribution < 1.29 is 14.3 Å². The molecule has 0 spiro atoms. The third-order valence-electron chi connectivity index (χ3n) is 3.63. The quantitative estimate of drug-likeness (QED) is 0.718. The summed E-state index contributed by atoms with van der Waals surface area (Å²) in [5.74, 6) is 0.0709. The molecule has 0 aliphatic carbocycles. The van der Waals surface area contributed by atoms with Gasteiger partial charge in [0.1, 0.15) is 6.10 Å². The van der Waals surface area contributed by atoms with Gasteiger partial charge in [0, 0.05) is 13.2 Å². The van der Waals surface area contributed by atoms with Crippen molar-refractivity contribution in [1.82, 2.24) is 4.90 Å². The van der Waals surface area contributed by atoms with Gasteiger partial charge in [-0.25, -0.2) is 0 Å². The fraction of sp³-hybridized carbons (Fsp3) is 0.562. The molecule has 0 radical (unpaired) electrons. The Morgan fingerprint density at radius 2 is 2.10 bits per heavy atom. The molecule has 2 atom stereocenters. The van der Waals surface area contributed by atoms with Crippen LogP contribution in [0.2, 0.25) is 0 Å². The minimum Gasteiger partial charge on any atom is -0.379 e. The number of ether oxygens (including phenoxy) is 2. The van der Waals surface area contributed by atoms with Crippen molar-refractivity contribution in [2.24, 2.45) is 0 Å². The fourth-order valence-corrected chi connectivity index (χ4v) is 2.41. The van der Waals surface area contributed by atoms with Gasteiger partial charge in [-0.15, -0.1) is 0 Å². The summed E-state index contributed by atoms with van der Waals surface area (Å²) in [5, 5.41) is 0. The van der Waals surface area contributed by atoms with Crippen LogP contribution in [0.15, 0.2) is 30.3 Å². The Hall–Kier alpha value is -1.39. The van der Waals surface area contributed by atoms with E-state index in [1.165, 1.54) is 5.56 Å². The molecule has 1 aromatic carbocycles. The minimum atomic E-state index is -0.401. The summed E-state index contributed by atoms with van der Waals surface area (Å²) in [5.41, 5.74) is 1.20. The van der Waals surface area contributed by atoms with Gasteiger partial charge in [0.25, 0.3) is 5.91 Å². The Labute approximate surface area is 120 Å². The van der Waals surface area contributed by atoms with Gasteiger partial charge in [-0.1, -0.05) is 30.3 Å². The van der Waals surface area contributed by atoms with Gasteiger partial charge in [-0.05, 0) is 25.8 Å². The molecule has 0 aromatic heterocycles. The average Bonchev–Trinajstić information content (AvgIpc) is 2.43. The number of likely N-dealkylation sites (tertiary alicyclic amines) is 1. The van der Waals surface area contributed by atoms with E-state index in [2.05, 4.69) is 12.1 Å². The topological polar surface area (TPSA) is 38.8 Å². The van der Waals surface area contributed by atoms with Crippen LogP contribution in [0.25, 0.3) is 0 Å². The number of hydrogen-bond donors (Lipinski definition) is 0. The number of carbonyl (C=O) groups is 1. The normalized spacial score (nSPS) is 19.5. The van der Waals surface area contributed by atoms with Crippen molar-refractivity contribution in [3.8, 4) is 0 Å². The van der Waals surface area contributed by atoms with E-state index in [1.54, 1.807) is 0 Å².